The zero-order valence-corrected chi connectivity index (χ0v) is 20.0. The van der Waals surface area contributed by atoms with Crippen molar-refractivity contribution in [3.8, 4) is 5.75 Å². The Labute approximate surface area is 193 Å². The molecule has 9 heteroatoms. The van der Waals surface area contributed by atoms with E-state index in [9.17, 15) is 0 Å². The first-order chi connectivity index (χ1) is 15.2. The summed E-state index contributed by atoms with van der Waals surface area (Å²) in [5, 5.41) is 7.99. The molecular formula is C22H27IN7O-. The van der Waals surface area contributed by atoms with Crippen molar-refractivity contribution in [1.82, 2.24) is 18.6 Å². The number of benzene rings is 2. The molecule has 0 saturated carbocycles. The van der Waals surface area contributed by atoms with Crippen LogP contribution in [-0.4, -0.2) is 69.5 Å². The molecule has 31 heavy (non-hydrogen) atoms. The molecule has 0 atom stereocenters. The second kappa shape index (κ2) is 9.01. The number of para-hydroxylation sites is 2. The van der Waals surface area contributed by atoms with E-state index in [1.165, 1.54) is 3.72 Å². The number of amidine groups is 1. The third-order valence-electron chi connectivity index (χ3n) is 5.71. The predicted molar refractivity (Wildman–Crippen MR) is 120 cm³/mol. The molecule has 1 saturated heterocycles. The van der Waals surface area contributed by atoms with Gasteiger partial charge in [0.1, 0.15) is 0 Å². The van der Waals surface area contributed by atoms with E-state index in [-0.39, 0.29) is 21.5 Å². The van der Waals surface area contributed by atoms with Crippen LogP contribution in [0.5, 0.6) is 5.75 Å². The van der Waals surface area contributed by atoms with Crippen LogP contribution < -0.4 is 37.1 Å². The number of aliphatic imine (C=N–C) groups is 1. The number of hydrogen-bond donors (Lipinski definition) is 2. The number of piperazine rings is 1. The van der Waals surface area contributed by atoms with E-state index >= 15 is 0 Å². The fourth-order valence-electron chi connectivity index (χ4n) is 4.02. The van der Waals surface area contributed by atoms with Gasteiger partial charge in [-0.3, -0.25) is 0 Å². The van der Waals surface area contributed by atoms with Gasteiger partial charge in [-0.25, -0.2) is 0 Å². The molecule has 0 amide bonds. The van der Waals surface area contributed by atoms with Gasteiger partial charge in [0.2, 0.25) is 0 Å². The van der Waals surface area contributed by atoms with Gasteiger partial charge in [0.25, 0.3) is 0 Å². The monoisotopic (exact) mass is 532 g/mol. The van der Waals surface area contributed by atoms with E-state index in [0.29, 0.717) is 0 Å². The Morgan fingerprint density at radius 1 is 1.06 bits per heavy atom. The molecule has 0 aliphatic carbocycles. The van der Waals surface area contributed by atoms with Gasteiger partial charge in [0.15, 0.2) is 0 Å². The fourth-order valence-corrected chi connectivity index (χ4v) is 5.77. The number of nitrogens with zero attached hydrogens (tertiary/aromatic N) is 5. The SMILES string of the molecule is COc1ccc2c(c1)C(N1CCN(CCC3=NNN(C)[I-]3)CC1)=Nc1ccccc1N2. The summed E-state index contributed by atoms with van der Waals surface area (Å²) in [6.07, 6.45) is 1.06. The number of hydrazone groups is 1. The topological polar surface area (TPSA) is 67.7 Å². The van der Waals surface area contributed by atoms with Crippen LogP contribution in [-0.2, 0) is 0 Å². The van der Waals surface area contributed by atoms with Crippen LogP contribution in [0.25, 0.3) is 0 Å². The molecule has 3 aliphatic rings. The van der Waals surface area contributed by atoms with Crippen LogP contribution in [0.3, 0.4) is 0 Å². The van der Waals surface area contributed by atoms with Crippen molar-refractivity contribution in [1.29, 1.82) is 0 Å². The number of ether oxygens (including phenoxy) is 1. The van der Waals surface area contributed by atoms with Crippen molar-refractivity contribution in [3.05, 3.63) is 48.0 Å². The van der Waals surface area contributed by atoms with E-state index in [1.807, 2.05) is 18.2 Å². The minimum absolute atomic E-state index is 0.101. The number of methoxy groups -OCH3 is 1. The maximum atomic E-state index is 5.51. The normalized spacial score (nSPS) is 19.1. The predicted octanol–water partition coefficient (Wildman–Crippen LogP) is -0.394. The van der Waals surface area contributed by atoms with Crippen molar-refractivity contribution >= 4 is 26.6 Å². The van der Waals surface area contributed by atoms with E-state index in [1.54, 1.807) is 7.11 Å². The first-order valence-electron chi connectivity index (χ1n) is 10.5. The Morgan fingerprint density at radius 2 is 1.90 bits per heavy atom. The van der Waals surface area contributed by atoms with Crippen molar-refractivity contribution in [2.45, 2.75) is 6.42 Å². The third kappa shape index (κ3) is 4.48. The summed E-state index contributed by atoms with van der Waals surface area (Å²) in [5.74, 6) is 1.86. The zero-order chi connectivity index (χ0) is 21.2. The van der Waals surface area contributed by atoms with E-state index in [0.717, 1.165) is 73.4 Å². The molecule has 164 valence electrons. The van der Waals surface area contributed by atoms with Gasteiger partial charge in [0.05, 0.1) is 7.11 Å². The first kappa shape index (κ1) is 20.5. The molecule has 1 fully saturated rings. The zero-order valence-electron chi connectivity index (χ0n) is 17.8. The van der Waals surface area contributed by atoms with Crippen LogP contribution in [0.1, 0.15) is 12.0 Å². The Hall–Kier alpha value is -2.37. The third-order valence-corrected chi connectivity index (χ3v) is 7.98. The van der Waals surface area contributed by atoms with Crippen LogP contribution >= 0.6 is 0 Å². The molecule has 0 bridgehead atoms. The van der Waals surface area contributed by atoms with Gasteiger partial charge in [-0.05, 0) is 0 Å². The average Bonchev–Trinajstić information content (AvgIpc) is 3.15. The molecule has 2 aromatic carbocycles. The number of hydrogen-bond acceptors (Lipinski definition) is 8. The van der Waals surface area contributed by atoms with E-state index < -0.39 is 0 Å². The summed E-state index contributed by atoms with van der Waals surface area (Å²) < 4.78 is 8.97. The molecule has 3 heterocycles. The molecule has 0 aromatic heterocycles. The van der Waals surface area contributed by atoms with E-state index in [4.69, 9.17) is 9.73 Å². The summed E-state index contributed by atoms with van der Waals surface area (Å²) in [5.41, 5.74) is 7.20. The van der Waals surface area contributed by atoms with Gasteiger partial charge in [0, 0.05) is 0 Å². The molecule has 8 nitrogen and oxygen atoms in total. The van der Waals surface area contributed by atoms with Crippen molar-refractivity contribution < 1.29 is 26.2 Å². The number of anilines is 2. The number of halogens is 1. The van der Waals surface area contributed by atoms with Gasteiger partial charge >= 0.3 is 181 Å². The number of rotatable bonds is 4. The Kier molecular flexibility index (Phi) is 5.97. The van der Waals surface area contributed by atoms with Crippen LogP contribution in [0.4, 0.5) is 17.1 Å². The van der Waals surface area contributed by atoms with Crippen LogP contribution in [0, 0.1) is 0 Å². The molecule has 2 N–H and O–H groups in total. The van der Waals surface area contributed by atoms with Crippen molar-refractivity contribution in [2.24, 2.45) is 10.1 Å². The fraction of sp³-hybridized carbons (Fsp3) is 0.364. The number of nitrogens with one attached hydrogen (secondary N) is 2. The molecule has 0 radical (unpaired) electrons. The summed E-state index contributed by atoms with van der Waals surface area (Å²) >= 11 is -0.101. The van der Waals surface area contributed by atoms with Gasteiger partial charge in [-0.15, -0.1) is 0 Å². The standard InChI is InChI=1S/C22H27IN7O/c1-28-23-21(26-27-28)9-10-29-11-13-30(14-12-29)22-17-15-16(31-2)7-8-18(17)24-19-5-3-4-6-20(19)25-22/h3-8,15,24,27H,9-14H2,1-2H3/q-1. The Bertz CT molecular complexity index is 1020. The Balaban J connectivity index is 1.34. The van der Waals surface area contributed by atoms with E-state index in [2.05, 4.69) is 60.3 Å². The molecule has 5 rings (SSSR count). The second-order valence-electron chi connectivity index (χ2n) is 7.72. The van der Waals surface area contributed by atoms with Crippen LogP contribution in [0.15, 0.2) is 52.6 Å². The quantitative estimate of drug-likeness (QED) is 0.413. The van der Waals surface area contributed by atoms with Crippen molar-refractivity contribution in [3.63, 3.8) is 0 Å². The van der Waals surface area contributed by atoms with Gasteiger partial charge in [-0.2, -0.15) is 0 Å². The second-order valence-corrected chi connectivity index (χ2v) is 10.9. The molecule has 0 spiro atoms. The van der Waals surface area contributed by atoms with Crippen LogP contribution in [0.2, 0.25) is 0 Å². The van der Waals surface area contributed by atoms with Crippen molar-refractivity contribution in [2.75, 3.05) is 52.2 Å². The number of hydrazine groups is 1. The molecular weight excluding hydrogens is 505 g/mol. The molecule has 2 aromatic rings. The number of fused-ring (bicyclic) bond motifs is 2. The molecule has 3 aliphatic heterocycles. The van der Waals surface area contributed by atoms with Gasteiger partial charge < -0.3 is 0 Å². The summed E-state index contributed by atoms with van der Waals surface area (Å²) in [7, 11) is 3.77. The average molecular weight is 532 g/mol. The van der Waals surface area contributed by atoms with Gasteiger partial charge in [-0.1, -0.05) is 6.07 Å². The summed E-state index contributed by atoms with van der Waals surface area (Å²) in [6.45, 7) is 5.04. The maximum absolute atomic E-state index is 5.51. The Morgan fingerprint density at radius 3 is 2.68 bits per heavy atom. The molecule has 0 unspecified atom stereocenters. The minimum atomic E-state index is -0.101. The summed E-state index contributed by atoms with van der Waals surface area (Å²) in [4.78, 5) is 10.0. The summed E-state index contributed by atoms with van der Waals surface area (Å²) in [6, 6.07) is 14.4. The first-order valence-corrected chi connectivity index (χ1v) is 12.6.